The summed E-state index contributed by atoms with van der Waals surface area (Å²) in [6, 6.07) is 2.98. The zero-order chi connectivity index (χ0) is 16.7. The summed E-state index contributed by atoms with van der Waals surface area (Å²) in [4.78, 5) is 0. The molecule has 0 bridgehead atoms. The number of phenols is 1. The number of hydrogen-bond acceptors (Lipinski definition) is 4. The fraction of sp³-hybridized carbons (Fsp3) is 0.467. The number of rotatable bonds is 3. The van der Waals surface area contributed by atoms with Gasteiger partial charge in [0.15, 0.2) is 0 Å². The Hall–Kier alpha value is -0.715. The minimum absolute atomic E-state index is 0.0613. The second-order valence-corrected chi connectivity index (χ2v) is 7.15. The average molecular weight is 344 g/mol. The molecule has 1 heterocycles. The highest BCUT2D eigenvalue weighted by Crippen LogP contribution is 2.39. The van der Waals surface area contributed by atoms with E-state index in [1.807, 2.05) is 27.7 Å². The number of phenolic OH excluding ortho intramolecular Hbond substituents is 1. The Kier molecular flexibility index (Phi) is 4.86. The summed E-state index contributed by atoms with van der Waals surface area (Å²) in [5.74, 6) is -0.0613. The molecule has 0 aliphatic carbocycles. The molecule has 0 unspecified atom stereocenters. The average Bonchev–Trinajstić information content (AvgIpc) is 2.61. The minimum Gasteiger partial charge on any atom is -0.506 e. The third-order valence-electron chi connectivity index (χ3n) is 4.20. The van der Waals surface area contributed by atoms with Gasteiger partial charge in [0.2, 0.25) is 0 Å². The molecule has 0 atom stereocenters. The van der Waals surface area contributed by atoms with Crippen molar-refractivity contribution in [3.8, 4) is 5.75 Å². The SMILES string of the molecule is CC1(C)OB(C(=Cc2cc(Cl)c(O)cc2Cl)CN)OC1(C)C. The van der Waals surface area contributed by atoms with Crippen molar-refractivity contribution in [2.75, 3.05) is 6.54 Å². The lowest BCUT2D eigenvalue weighted by Crippen LogP contribution is -2.41. The lowest BCUT2D eigenvalue weighted by molar-refractivity contribution is 0.00578. The van der Waals surface area contributed by atoms with Crippen LogP contribution in [0, 0.1) is 0 Å². The van der Waals surface area contributed by atoms with Crippen LogP contribution in [0.3, 0.4) is 0 Å². The van der Waals surface area contributed by atoms with Crippen LogP contribution >= 0.6 is 23.2 Å². The highest BCUT2D eigenvalue weighted by molar-refractivity contribution is 6.56. The Balaban J connectivity index is 2.36. The van der Waals surface area contributed by atoms with E-state index in [1.165, 1.54) is 6.07 Å². The van der Waals surface area contributed by atoms with E-state index in [-0.39, 0.29) is 17.3 Å². The molecule has 22 heavy (non-hydrogen) atoms. The van der Waals surface area contributed by atoms with Crippen LogP contribution in [0.25, 0.3) is 6.08 Å². The molecule has 0 spiro atoms. The maximum absolute atomic E-state index is 9.55. The number of aromatic hydroxyl groups is 1. The first-order valence-electron chi connectivity index (χ1n) is 7.01. The molecule has 4 nitrogen and oxygen atoms in total. The van der Waals surface area contributed by atoms with Gasteiger partial charge in [0.25, 0.3) is 0 Å². The van der Waals surface area contributed by atoms with Crippen molar-refractivity contribution in [2.24, 2.45) is 5.73 Å². The zero-order valence-electron chi connectivity index (χ0n) is 13.1. The van der Waals surface area contributed by atoms with Gasteiger partial charge in [-0.3, -0.25) is 0 Å². The molecule has 2 rings (SSSR count). The van der Waals surface area contributed by atoms with Crippen molar-refractivity contribution >= 4 is 36.4 Å². The van der Waals surface area contributed by atoms with Gasteiger partial charge in [-0.2, -0.15) is 0 Å². The maximum atomic E-state index is 9.55. The van der Waals surface area contributed by atoms with E-state index in [1.54, 1.807) is 12.1 Å². The van der Waals surface area contributed by atoms with Crippen molar-refractivity contribution in [1.82, 2.24) is 0 Å². The van der Waals surface area contributed by atoms with Gasteiger partial charge in [-0.05, 0) is 44.8 Å². The first-order valence-corrected chi connectivity index (χ1v) is 7.77. The van der Waals surface area contributed by atoms with Crippen LogP contribution in [-0.2, 0) is 9.31 Å². The normalized spacial score (nSPS) is 20.5. The van der Waals surface area contributed by atoms with E-state index in [9.17, 15) is 5.11 Å². The summed E-state index contributed by atoms with van der Waals surface area (Å²) < 4.78 is 12.0. The molecular formula is C15H20BCl2NO3. The van der Waals surface area contributed by atoms with E-state index >= 15 is 0 Å². The zero-order valence-corrected chi connectivity index (χ0v) is 14.6. The quantitative estimate of drug-likeness (QED) is 0.822. The lowest BCUT2D eigenvalue weighted by atomic mass is 9.77. The van der Waals surface area contributed by atoms with E-state index in [0.29, 0.717) is 10.6 Å². The van der Waals surface area contributed by atoms with Crippen LogP contribution < -0.4 is 5.73 Å². The van der Waals surface area contributed by atoms with Crippen molar-refractivity contribution in [3.05, 3.63) is 33.2 Å². The Bertz CT molecular complexity index is 601. The molecule has 7 heteroatoms. The molecule has 1 saturated heterocycles. The second-order valence-electron chi connectivity index (χ2n) is 6.34. The summed E-state index contributed by atoms with van der Waals surface area (Å²) in [5.41, 5.74) is 6.36. The largest absolute Gasteiger partial charge is 0.506 e. The first-order chi connectivity index (χ1) is 10.1. The Morgan fingerprint density at radius 1 is 1.18 bits per heavy atom. The molecule has 0 aromatic heterocycles. The van der Waals surface area contributed by atoms with E-state index in [0.717, 1.165) is 5.47 Å². The molecule has 0 saturated carbocycles. The smallest absolute Gasteiger partial charge is 0.491 e. The monoisotopic (exact) mass is 343 g/mol. The molecule has 1 aromatic rings. The predicted octanol–water partition coefficient (Wildman–Crippen LogP) is 3.67. The van der Waals surface area contributed by atoms with Crippen molar-refractivity contribution in [3.63, 3.8) is 0 Å². The first kappa shape index (κ1) is 17.6. The molecule has 1 aromatic carbocycles. The van der Waals surface area contributed by atoms with E-state index < -0.39 is 18.3 Å². The summed E-state index contributed by atoms with van der Waals surface area (Å²) in [6.45, 7) is 8.17. The number of nitrogens with two attached hydrogens (primary N) is 1. The Morgan fingerprint density at radius 2 is 1.73 bits per heavy atom. The molecule has 1 aliphatic heterocycles. The minimum atomic E-state index is -0.543. The molecule has 1 fully saturated rings. The van der Waals surface area contributed by atoms with Gasteiger partial charge in [-0.25, -0.2) is 0 Å². The molecule has 3 N–H and O–H groups in total. The van der Waals surface area contributed by atoms with E-state index in [4.69, 9.17) is 38.2 Å². The van der Waals surface area contributed by atoms with Gasteiger partial charge in [0, 0.05) is 12.6 Å². The summed E-state index contributed by atoms with van der Waals surface area (Å²) in [6.07, 6.45) is 1.79. The molecule has 0 amide bonds. The van der Waals surface area contributed by atoms with Crippen LogP contribution in [0.5, 0.6) is 5.75 Å². The van der Waals surface area contributed by atoms with Crippen LogP contribution in [-0.4, -0.2) is 30.0 Å². The van der Waals surface area contributed by atoms with Gasteiger partial charge < -0.3 is 20.1 Å². The molecular weight excluding hydrogens is 324 g/mol. The summed E-state index contributed by atoms with van der Waals surface area (Å²) in [5, 5.41) is 10.2. The van der Waals surface area contributed by atoms with E-state index in [2.05, 4.69) is 0 Å². The second kappa shape index (κ2) is 6.06. The number of hydrogen-bond donors (Lipinski definition) is 2. The van der Waals surface area contributed by atoms with Gasteiger partial charge in [-0.15, -0.1) is 0 Å². The lowest BCUT2D eigenvalue weighted by Gasteiger charge is -2.32. The van der Waals surface area contributed by atoms with Gasteiger partial charge in [0.05, 0.1) is 21.2 Å². The van der Waals surface area contributed by atoms with Crippen molar-refractivity contribution in [2.45, 2.75) is 38.9 Å². The molecule has 1 aliphatic rings. The maximum Gasteiger partial charge on any atom is 0.491 e. The summed E-state index contributed by atoms with van der Waals surface area (Å²) >= 11 is 12.1. The fourth-order valence-electron chi connectivity index (χ4n) is 2.08. The molecule has 120 valence electrons. The van der Waals surface area contributed by atoms with Crippen molar-refractivity contribution < 1.29 is 14.4 Å². The van der Waals surface area contributed by atoms with Crippen LogP contribution in [0.1, 0.15) is 33.3 Å². The highest BCUT2D eigenvalue weighted by Gasteiger charge is 2.52. The Morgan fingerprint density at radius 3 is 2.23 bits per heavy atom. The van der Waals surface area contributed by atoms with Crippen molar-refractivity contribution in [1.29, 1.82) is 0 Å². The van der Waals surface area contributed by atoms with Crippen LogP contribution in [0.2, 0.25) is 10.0 Å². The van der Waals surface area contributed by atoms with Gasteiger partial charge in [-0.1, -0.05) is 29.3 Å². The third-order valence-corrected chi connectivity index (χ3v) is 4.83. The van der Waals surface area contributed by atoms with Crippen LogP contribution in [0.15, 0.2) is 17.6 Å². The molecule has 0 radical (unpaired) electrons. The number of benzene rings is 1. The standard InChI is InChI=1S/C15H20BCl2NO3/c1-14(2)15(3,4)22-16(21-14)10(8-19)5-9-6-12(18)13(20)7-11(9)17/h5-7,20H,8,19H2,1-4H3. The Labute approximate surface area is 141 Å². The van der Waals surface area contributed by atoms with Crippen LogP contribution in [0.4, 0.5) is 0 Å². The summed E-state index contributed by atoms with van der Waals surface area (Å²) in [7, 11) is -0.543. The number of halogens is 2. The van der Waals surface area contributed by atoms with Gasteiger partial charge in [0.1, 0.15) is 5.75 Å². The van der Waals surface area contributed by atoms with Gasteiger partial charge >= 0.3 is 7.12 Å². The topological polar surface area (TPSA) is 64.7 Å². The third kappa shape index (κ3) is 3.29. The highest BCUT2D eigenvalue weighted by atomic mass is 35.5. The fourth-order valence-corrected chi connectivity index (χ4v) is 2.46. The predicted molar refractivity (Wildman–Crippen MR) is 91.2 cm³/mol.